The second kappa shape index (κ2) is 8.02. The van der Waals surface area contributed by atoms with Crippen molar-refractivity contribution in [2.75, 3.05) is 33.4 Å². The highest BCUT2D eigenvalue weighted by Crippen LogP contribution is 2.24. The van der Waals surface area contributed by atoms with E-state index in [1.807, 2.05) is 41.4 Å². The second-order valence-corrected chi connectivity index (χ2v) is 6.02. The molecule has 5 heteroatoms. The lowest BCUT2D eigenvalue weighted by molar-refractivity contribution is 0.0719. The number of aromatic amines is 1. The maximum absolute atomic E-state index is 12.5. The summed E-state index contributed by atoms with van der Waals surface area (Å²) in [6.45, 7) is 2.83. The van der Waals surface area contributed by atoms with Gasteiger partial charge in [-0.3, -0.25) is 4.79 Å². The van der Waals surface area contributed by atoms with Gasteiger partial charge in [0.25, 0.3) is 5.91 Å². The summed E-state index contributed by atoms with van der Waals surface area (Å²) >= 11 is 0. The van der Waals surface area contributed by atoms with Crippen molar-refractivity contribution in [2.45, 2.75) is 19.3 Å². The van der Waals surface area contributed by atoms with Crippen molar-refractivity contribution in [1.82, 2.24) is 9.88 Å². The molecule has 1 N–H and O–H groups in total. The molecule has 0 unspecified atom stereocenters. The number of methoxy groups -OCH3 is 1. The number of hydrogen-bond donors (Lipinski definition) is 1. The molecule has 1 aromatic carbocycles. The van der Waals surface area contributed by atoms with Gasteiger partial charge in [-0.15, -0.1) is 0 Å². The van der Waals surface area contributed by atoms with Crippen molar-refractivity contribution in [3.63, 3.8) is 0 Å². The Morgan fingerprint density at radius 2 is 1.83 bits per heavy atom. The van der Waals surface area contributed by atoms with Gasteiger partial charge < -0.3 is 19.4 Å². The number of hydrogen-bond acceptors (Lipinski definition) is 3. The van der Waals surface area contributed by atoms with Crippen molar-refractivity contribution >= 4 is 5.91 Å². The average Bonchev–Trinajstić information content (AvgIpc) is 3.13. The monoisotopic (exact) mass is 328 g/mol. The number of rotatable bonds is 6. The van der Waals surface area contributed by atoms with Crippen molar-refractivity contribution in [1.29, 1.82) is 0 Å². The van der Waals surface area contributed by atoms with Gasteiger partial charge in [-0.1, -0.05) is 12.1 Å². The van der Waals surface area contributed by atoms with Gasteiger partial charge in [-0.05, 0) is 48.6 Å². The summed E-state index contributed by atoms with van der Waals surface area (Å²) in [6.07, 6.45) is 5.31. The number of likely N-dealkylation sites (tertiary alicyclic amines) is 1. The molecule has 1 aliphatic rings. The van der Waals surface area contributed by atoms with Crippen LogP contribution in [-0.2, 0) is 4.74 Å². The van der Waals surface area contributed by atoms with E-state index in [0.29, 0.717) is 18.9 Å². The highest BCUT2D eigenvalue weighted by atomic mass is 16.5. The zero-order valence-electron chi connectivity index (χ0n) is 14.1. The maximum atomic E-state index is 12.5. The molecule has 128 valence electrons. The van der Waals surface area contributed by atoms with Crippen molar-refractivity contribution < 1.29 is 14.3 Å². The minimum absolute atomic E-state index is 0.0977. The first-order valence-corrected chi connectivity index (χ1v) is 8.48. The van der Waals surface area contributed by atoms with E-state index in [-0.39, 0.29) is 5.91 Å². The van der Waals surface area contributed by atoms with E-state index >= 15 is 0 Å². The van der Waals surface area contributed by atoms with Gasteiger partial charge in [0.15, 0.2) is 0 Å². The van der Waals surface area contributed by atoms with E-state index < -0.39 is 0 Å². The van der Waals surface area contributed by atoms with Crippen LogP contribution in [0.25, 0.3) is 11.1 Å². The topological polar surface area (TPSA) is 54.6 Å². The van der Waals surface area contributed by atoms with Crippen LogP contribution in [-0.4, -0.2) is 49.2 Å². The first-order chi connectivity index (χ1) is 11.8. The third kappa shape index (κ3) is 3.97. The Hall–Kier alpha value is -2.27. The van der Waals surface area contributed by atoms with E-state index in [4.69, 9.17) is 9.47 Å². The predicted octanol–water partition coefficient (Wildman–Crippen LogP) is 3.33. The van der Waals surface area contributed by atoms with Crippen LogP contribution in [0.4, 0.5) is 0 Å². The number of carbonyl (C=O) groups excluding carboxylic acids is 1. The lowest BCUT2D eigenvalue weighted by atomic mass is 10.1. The second-order valence-electron chi connectivity index (χ2n) is 6.02. The Bertz CT molecular complexity index is 658. The number of aromatic nitrogens is 1. The molecule has 3 rings (SSSR count). The van der Waals surface area contributed by atoms with E-state index in [9.17, 15) is 4.79 Å². The molecule has 1 saturated heterocycles. The van der Waals surface area contributed by atoms with Crippen LogP contribution < -0.4 is 4.74 Å². The molecule has 5 nitrogen and oxygen atoms in total. The molecule has 24 heavy (non-hydrogen) atoms. The Morgan fingerprint density at radius 1 is 1.08 bits per heavy atom. The Morgan fingerprint density at radius 3 is 2.54 bits per heavy atom. The molecule has 0 atom stereocenters. The number of amides is 1. The minimum Gasteiger partial charge on any atom is -0.491 e. The molecule has 2 aromatic rings. The minimum atomic E-state index is 0.0977. The largest absolute Gasteiger partial charge is 0.491 e. The Labute approximate surface area is 142 Å². The number of carbonyl (C=O) groups is 1. The van der Waals surface area contributed by atoms with E-state index in [1.165, 1.54) is 6.42 Å². The van der Waals surface area contributed by atoms with Crippen LogP contribution in [0.2, 0.25) is 0 Å². The zero-order chi connectivity index (χ0) is 16.8. The molecule has 0 bridgehead atoms. The van der Waals surface area contributed by atoms with Gasteiger partial charge >= 0.3 is 0 Å². The molecule has 1 aliphatic heterocycles. The summed E-state index contributed by atoms with van der Waals surface area (Å²) in [5.41, 5.74) is 2.73. The molecule has 1 aromatic heterocycles. The summed E-state index contributed by atoms with van der Waals surface area (Å²) in [7, 11) is 1.65. The van der Waals surface area contributed by atoms with Gasteiger partial charge in [-0.25, -0.2) is 0 Å². The zero-order valence-corrected chi connectivity index (χ0v) is 14.1. The summed E-state index contributed by atoms with van der Waals surface area (Å²) in [5, 5.41) is 0. The number of benzene rings is 1. The summed E-state index contributed by atoms with van der Waals surface area (Å²) < 4.78 is 10.5. The van der Waals surface area contributed by atoms with Crippen LogP contribution in [0.1, 0.15) is 29.8 Å². The van der Waals surface area contributed by atoms with Gasteiger partial charge in [0.2, 0.25) is 0 Å². The molecule has 1 fully saturated rings. The average molecular weight is 328 g/mol. The Kier molecular flexibility index (Phi) is 5.54. The summed E-state index contributed by atoms with van der Waals surface area (Å²) in [5.74, 6) is 0.913. The summed E-state index contributed by atoms with van der Waals surface area (Å²) in [6, 6.07) is 9.80. The van der Waals surface area contributed by atoms with Crippen molar-refractivity contribution in [3.8, 4) is 16.9 Å². The highest BCUT2D eigenvalue weighted by Gasteiger charge is 2.19. The van der Waals surface area contributed by atoms with Crippen LogP contribution in [0.5, 0.6) is 5.75 Å². The third-order valence-electron chi connectivity index (χ3n) is 4.30. The molecule has 0 aliphatic carbocycles. The molecule has 1 amide bonds. The van der Waals surface area contributed by atoms with Gasteiger partial charge in [0.05, 0.1) is 6.61 Å². The molecular formula is C19H24N2O3. The first kappa shape index (κ1) is 16.6. The first-order valence-electron chi connectivity index (χ1n) is 8.48. The van der Waals surface area contributed by atoms with E-state index in [0.717, 1.165) is 42.8 Å². The number of H-pyrrole nitrogens is 1. The van der Waals surface area contributed by atoms with Crippen LogP contribution >= 0.6 is 0 Å². The number of ether oxygens (including phenoxy) is 2. The number of nitrogens with zero attached hydrogens (tertiary/aromatic N) is 1. The van der Waals surface area contributed by atoms with Gasteiger partial charge in [0.1, 0.15) is 18.1 Å². The van der Waals surface area contributed by atoms with Crippen molar-refractivity contribution in [3.05, 3.63) is 42.2 Å². The summed E-state index contributed by atoms with van der Waals surface area (Å²) in [4.78, 5) is 17.6. The van der Waals surface area contributed by atoms with Gasteiger partial charge in [-0.2, -0.15) is 0 Å². The SMILES string of the molecule is COCCOc1ccc(-c2c[nH]c(C(=O)N3CCCCC3)c2)cc1. The van der Waals surface area contributed by atoms with E-state index in [2.05, 4.69) is 4.98 Å². The predicted molar refractivity (Wildman–Crippen MR) is 93.4 cm³/mol. The van der Waals surface area contributed by atoms with E-state index in [1.54, 1.807) is 7.11 Å². The fourth-order valence-corrected chi connectivity index (χ4v) is 2.94. The third-order valence-corrected chi connectivity index (χ3v) is 4.30. The van der Waals surface area contributed by atoms with Gasteiger partial charge in [0, 0.05) is 26.4 Å². The van der Waals surface area contributed by atoms with Crippen LogP contribution in [0.15, 0.2) is 36.5 Å². The fourth-order valence-electron chi connectivity index (χ4n) is 2.94. The fraction of sp³-hybridized carbons (Fsp3) is 0.421. The van der Waals surface area contributed by atoms with Crippen LogP contribution in [0.3, 0.4) is 0 Å². The quantitative estimate of drug-likeness (QED) is 0.828. The number of nitrogens with one attached hydrogen (secondary N) is 1. The standard InChI is InChI=1S/C19H24N2O3/c1-23-11-12-24-17-7-5-15(6-8-17)16-13-18(20-14-16)19(22)21-9-3-2-4-10-21/h5-8,13-14,20H,2-4,9-12H2,1H3. The highest BCUT2D eigenvalue weighted by molar-refractivity contribution is 5.94. The smallest absolute Gasteiger partial charge is 0.270 e. The van der Waals surface area contributed by atoms with Crippen molar-refractivity contribution in [2.24, 2.45) is 0 Å². The molecular weight excluding hydrogens is 304 g/mol. The lowest BCUT2D eigenvalue weighted by Gasteiger charge is -2.26. The normalized spacial score (nSPS) is 14.6. The number of piperidine rings is 1. The molecule has 2 heterocycles. The maximum Gasteiger partial charge on any atom is 0.270 e. The molecule has 0 spiro atoms. The van der Waals surface area contributed by atoms with Crippen LogP contribution in [0, 0.1) is 0 Å². The lowest BCUT2D eigenvalue weighted by Crippen LogP contribution is -2.35. The molecule has 0 saturated carbocycles. The Balaban J connectivity index is 1.65. The molecule has 0 radical (unpaired) electrons.